The third kappa shape index (κ3) is 6.55. The molecule has 242 valence electrons. The normalized spacial score (nSPS) is 40.1. The molecule has 1 saturated heterocycles. The summed E-state index contributed by atoms with van der Waals surface area (Å²) in [6.45, 7) is 16.5. The summed E-state index contributed by atoms with van der Waals surface area (Å²) in [6.07, 6.45) is 16.2. The van der Waals surface area contributed by atoms with Crippen molar-refractivity contribution < 1.29 is 28.5 Å². The highest BCUT2D eigenvalue weighted by atomic mass is 16.7. The molecule has 3 aliphatic heterocycles. The van der Waals surface area contributed by atoms with Crippen molar-refractivity contribution in [3.63, 3.8) is 0 Å². The molecule has 1 aromatic rings. The molecular formula is C36H52N2O6. The largest absolute Gasteiger partial charge is 0.456 e. The van der Waals surface area contributed by atoms with Crippen molar-refractivity contribution in [3.8, 4) is 0 Å². The molecule has 1 aliphatic carbocycles. The van der Waals surface area contributed by atoms with Gasteiger partial charge in [0, 0.05) is 37.9 Å². The average Bonchev–Trinajstić information content (AvgIpc) is 3.58. The van der Waals surface area contributed by atoms with Gasteiger partial charge in [-0.3, -0.25) is 0 Å². The summed E-state index contributed by atoms with van der Waals surface area (Å²) in [4.78, 5) is 17.5. The first-order valence-corrected chi connectivity index (χ1v) is 16.3. The zero-order valence-electron chi connectivity index (χ0n) is 28.0. The third-order valence-corrected chi connectivity index (χ3v) is 10.8. The maximum absolute atomic E-state index is 13.3. The van der Waals surface area contributed by atoms with E-state index in [0.29, 0.717) is 49.0 Å². The van der Waals surface area contributed by atoms with Crippen molar-refractivity contribution in [2.24, 2.45) is 48.5 Å². The maximum atomic E-state index is 13.3. The number of aromatic nitrogens is 2. The SMILES string of the molecule is CO[C@]12C=C[C@](C)(O1)[C@@H](OC(=O)/C=C/c1cn(C)cn1)C[C@H]1C(C)=CC[C@H](C(C)C)[C@H]1/C=C\2COC1OCC(C)C(C)C1C. The van der Waals surface area contributed by atoms with Crippen LogP contribution >= 0.6 is 0 Å². The van der Waals surface area contributed by atoms with Gasteiger partial charge in [0.15, 0.2) is 6.29 Å². The number of methoxy groups -OCH3 is 1. The molecule has 4 aliphatic rings. The van der Waals surface area contributed by atoms with Gasteiger partial charge in [-0.25, -0.2) is 9.78 Å². The van der Waals surface area contributed by atoms with Crippen LogP contribution in [0.4, 0.5) is 0 Å². The first kappa shape index (κ1) is 32.9. The number of ether oxygens (including phenoxy) is 5. The highest BCUT2D eigenvalue weighted by molar-refractivity contribution is 5.86. The molecule has 10 atom stereocenters. The molecule has 2 bridgehead atoms. The van der Waals surface area contributed by atoms with Gasteiger partial charge in [-0.1, -0.05) is 52.3 Å². The fraction of sp³-hybridized carbons (Fsp3) is 0.667. The molecule has 0 saturated carbocycles. The lowest BCUT2D eigenvalue weighted by atomic mass is 9.65. The van der Waals surface area contributed by atoms with E-state index in [1.807, 2.05) is 36.9 Å². The van der Waals surface area contributed by atoms with Crippen molar-refractivity contribution >= 4 is 12.0 Å². The maximum Gasteiger partial charge on any atom is 0.331 e. The first-order chi connectivity index (χ1) is 20.9. The van der Waals surface area contributed by atoms with Crippen LogP contribution in [0.15, 0.2) is 54.1 Å². The summed E-state index contributed by atoms with van der Waals surface area (Å²) >= 11 is 0. The van der Waals surface area contributed by atoms with Gasteiger partial charge in [0.05, 0.1) is 25.2 Å². The van der Waals surface area contributed by atoms with Crippen LogP contribution in [-0.4, -0.2) is 59.6 Å². The molecular weight excluding hydrogens is 556 g/mol. The van der Waals surface area contributed by atoms with Crippen LogP contribution in [-0.2, 0) is 35.5 Å². The topological polar surface area (TPSA) is 81.0 Å². The van der Waals surface area contributed by atoms with Crippen molar-refractivity contribution in [1.82, 2.24) is 9.55 Å². The van der Waals surface area contributed by atoms with Crippen molar-refractivity contribution in [1.29, 1.82) is 0 Å². The van der Waals surface area contributed by atoms with E-state index in [2.05, 4.69) is 58.7 Å². The van der Waals surface area contributed by atoms with Gasteiger partial charge in [0.1, 0.15) is 11.7 Å². The Morgan fingerprint density at radius 2 is 2.00 bits per heavy atom. The van der Waals surface area contributed by atoms with Gasteiger partial charge < -0.3 is 28.3 Å². The summed E-state index contributed by atoms with van der Waals surface area (Å²) in [6, 6.07) is 0. The second-order valence-electron chi connectivity index (χ2n) is 14.1. The summed E-state index contributed by atoms with van der Waals surface area (Å²) in [5, 5.41) is 0. The second-order valence-corrected chi connectivity index (χ2v) is 14.1. The molecule has 4 unspecified atom stereocenters. The number of hydrogen-bond donors (Lipinski definition) is 0. The first-order valence-electron chi connectivity index (χ1n) is 16.3. The van der Waals surface area contributed by atoms with Crippen LogP contribution < -0.4 is 0 Å². The van der Waals surface area contributed by atoms with E-state index in [4.69, 9.17) is 23.7 Å². The lowest BCUT2D eigenvalue weighted by Gasteiger charge is -2.41. The minimum atomic E-state index is -1.15. The van der Waals surface area contributed by atoms with Gasteiger partial charge in [-0.05, 0) is 80.4 Å². The number of fused-ring (bicyclic) bond motifs is 3. The van der Waals surface area contributed by atoms with E-state index in [0.717, 1.165) is 12.0 Å². The number of imidazole rings is 1. The van der Waals surface area contributed by atoms with E-state index < -0.39 is 23.5 Å². The number of carbonyl (C=O) groups is 1. The Balaban J connectivity index is 1.48. The van der Waals surface area contributed by atoms with Crippen molar-refractivity contribution in [2.45, 2.75) is 85.1 Å². The van der Waals surface area contributed by atoms with Gasteiger partial charge in [-0.2, -0.15) is 0 Å². The Bertz CT molecular complexity index is 1310. The van der Waals surface area contributed by atoms with Crippen molar-refractivity contribution in [3.05, 3.63) is 59.7 Å². The zero-order chi connectivity index (χ0) is 31.8. The smallest absolute Gasteiger partial charge is 0.331 e. The summed E-state index contributed by atoms with van der Waals surface area (Å²) in [7, 11) is 3.57. The summed E-state index contributed by atoms with van der Waals surface area (Å²) < 4.78 is 34.0. The molecule has 1 fully saturated rings. The van der Waals surface area contributed by atoms with Crippen LogP contribution in [0, 0.1) is 41.4 Å². The summed E-state index contributed by atoms with van der Waals surface area (Å²) in [5.74, 6) is 0.899. The molecule has 0 radical (unpaired) electrons. The fourth-order valence-corrected chi connectivity index (χ4v) is 7.46. The summed E-state index contributed by atoms with van der Waals surface area (Å²) in [5.41, 5.74) is 2.03. The molecule has 8 nitrogen and oxygen atoms in total. The molecule has 1 aromatic heterocycles. The predicted octanol–water partition coefficient (Wildman–Crippen LogP) is 6.50. The lowest BCUT2D eigenvalue weighted by Crippen LogP contribution is -2.48. The quantitative estimate of drug-likeness (QED) is 0.189. The predicted molar refractivity (Wildman–Crippen MR) is 170 cm³/mol. The van der Waals surface area contributed by atoms with Crippen LogP contribution in [0.5, 0.6) is 0 Å². The fourth-order valence-electron chi connectivity index (χ4n) is 7.46. The number of nitrogens with zero attached hydrogens (tertiary/aromatic N) is 2. The van der Waals surface area contributed by atoms with Gasteiger partial charge >= 0.3 is 5.97 Å². The van der Waals surface area contributed by atoms with E-state index in [1.165, 1.54) is 11.6 Å². The minimum Gasteiger partial charge on any atom is -0.456 e. The Morgan fingerprint density at radius 1 is 1.23 bits per heavy atom. The van der Waals surface area contributed by atoms with E-state index >= 15 is 0 Å². The van der Waals surface area contributed by atoms with Gasteiger partial charge in [-0.15, -0.1) is 0 Å². The van der Waals surface area contributed by atoms with E-state index in [9.17, 15) is 4.79 Å². The Hall–Kier alpha value is -2.52. The number of aryl methyl sites for hydroxylation is 1. The minimum absolute atomic E-state index is 0.163. The molecule has 0 N–H and O–H groups in total. The zero-order valence-corrected chi connectivity index (χ0v) is 28.0. The second kappa shape index (κ2) is 13.1. The van der Waals surface area contributed by atoms with E-state index in [-0.39, 0.29) is 24.0 Å². The third-order valence-electron chi connectivity index (χ3n) is 10.8. The molecule has 5 rings (SSSR count). The Kier molecular flexibility index (Phi) is 9.76. The Morgan fingerprint density at radius 3 is 2.68 bits per heavy atom. The van der Waals surface area contributed by atoms with Gasteiger partial charge in [0.25, 0.3) is 0 Å². The van der Waals surface area contributed by atoms with Crippen LogP contribution in [0.1, 0.15) is 67.0 Å². The number of carbonyl (C=O) groups excluding carboxylic acids is 1. The van der Waals surface area contributed by atoms with Crippen LogP contribution in [0.2, 0.25) is 0 Å². The molecule has 8 heteroatoms. The molecule has 0 amide bonds. The Labute approximate surface area is 263 Å². The molecule has 0 aromatic carbocycles. The number of rotatable bonds is 8. The van der Waals surface area contributed by atoms with Gasteiger partial charge in [0.2, 0.25) is 5.79 Å². The number of esters is 1. The number of hydrogen-bond acceptors (Lipinski definition) is 7. The van der Waals surface area contributed by atoms with Crippen LogP contribution in [0.25, 0.3) is 6.08 Å². The van der Waals surface area contributed by atoms with Crippen molar-refractivity contribution in [2.75, 3.05) is 20.3 Å². The standard InChI is InChI=1S/C36H52N2O6/c1-22(2)29-12-10-23(3)30-17-32(43-33(39)13-11-28-18-38(8)21-37-28)35(7)14-15-36(40-9,44-35)27(16-31(29)30)20-42-34-26(6)25(5)24(4)19-41-34/h10-11,13-16,18,21-22,24-26,29-32,34H,12,17,19-20H2,1-9H3/b13-11+,27-16-/t24?,25?,26?,29-,30+,31-,32+,34?,35+,36-/m1/s1. The highest BCUT2D eigenvalue weighted by Crippen LogP contribution is 2.50. The average molecular weight is 609 g/mol. The molecule has 44 heavy (non-hydrogen) atoms. The monoisotopic (exact) mass is 608 g/mol. The van der Waals surface area contributed by atoms with E-state index in [1.54, 1.807) is 19.5 Å². The highest BCUT2D eigenvalue weighted by Gasteiger charge is 2.53. The lowest BCUT2D eigenvalue weighted by molar-refractivity contribution is -0.239. The van der Waals surface area contributed by atoms with Crippen LogP contribution in [0.3, 0.4) is 0 Å². The molecule has 4 heterocycles. The molecule has 0 spiro atoms. The number of allylic oxidation sites excluding steroid dienone is 3.